The number of nitrogens with zero attached hydrogens (tertiary/aromatic N) is 2. The van der Waals surface area contributed by atoms with Gasteiger partial charge in [-0.2, -0.15) is 0 Å². The fraction of sp³-hybridized carbons (Fsp3) is 0.609. The van der Waals surface area contributed by atoms with E-state index in [1.165, 1.54) is 6.07 Å². The lowest BCUT2D eigenvalue weighted by molar-refractivity contribution is -0.142. The van der Waals surface area contributed by atoms with Gasteiger partial charge in [-0.15, -0.1) is 0 Å². The highest BCUT2D eigenvalue weighted by Gasteiger charge is 2.54. The molecule has 0 aromatic heterocycles. The van der Waals surface area contributed by atoms with Crippen molar-refractivity contribution in [3.05, 3.63) is 35.6 Å². The molecular formula is C23H32FN5O3. The van der Waals surface area contributed by atoms with E-state index >= 15 is 0 Å². The predicted octanol–water partition coefficient (Wildman–Crippen LogP) is 2.22. The number of hydrogen-bond acceptors (Lipinski definition) is 5. The van der Waals surface area contributed by atoms with E-state index in [-0.39, 0.29) is 29.7 Å². The number of likely N-dealkylation sites (N-methyl/N-ethyl adjacent to an activating group) is 1. The van der Waals surface area contributed by atoms with Crippen molar-refractivity contribution in [3.63, 3.8) is 0 Å². The SMILES string of the molecule is CC(C(=O)N(C)CCCC1CC(c2cccc(F)c2)NN1)N1C(=O)NC2(CCCC2)C1=O. The standard InChI is InChI=1S/C23H32FN5O3/c1-15(29-21(31)23(25-22(29)32)10-3-4-11-23)20(30)28(2)12-6-9-18-14-19(27-26-18)16-7-5-8-17(24)13-16/h5,7-8,13,15,18-19,26-27H,3-4,6,9-12,14H2,1-2H3,(H,25,32). The maximum Gasteiger partial charge on any atom is 0.325 e. The average Bonchev–Trinajstić information content (AvgIpc) is 3.48. The van der Waals surface area contributed by atoms with Crippen LogP contribution in [0.4, 0.5) is 9.18 Å². The molecule has 174 valence electrons. The first kappa shape index (κ1) is 22.7. The highest BCUT2D eigenvalue weighted by Crippen LogP contribution is 2.36. The minimum atomic E-state index is -0.823. The van der Waals surface area contributed by atoms with Crippen LogP contribution in [0, 0.1) is 5.82 Å². The van der Waals surface area contributed by atoms with Crippen LogP contribution in [0.25, 0.3) is 0 Å². The molecule has 1 aliphatic carbocycles. The molecule has 4 rings (SSSR count). The van der Waals surface area contributed by atoms with E-state index in [9.17, 15) is 18.8 Å². The second kappa shape index (κ2) is 9.15. The molecule has 2 heterocycles. The van der Waals surface area contributed by atoms with Gasteiger partial charge in [0, 0.05) is 25.7 Å². The third kappa shape index (κ3) is 4.36. The molecule has 3 atom stereocenters. The van der Waals surface area contributed by atoms with Crippen molar-refractivity contribution in [1.29, 1.82) is 0 Å². The second-order valence-electron chi connectivity index (χ2n) is 9.30. The van der Waals surface area contributed by atoms with Crippen LogP contribution in [0.15, 0.2) is 24.3 Å². The van der Waals surface area contributed by atoms with Gasteiger partial charge in [0.15, 0.2) is 0 Å². The molecule has 3 aliphatic rings. The summed E-state index contributed by atoms with van der Waals surface area (Å²) in [6, 6.07) is 5.58. The zero-order valence-corrected chi connectivity index (χ0v) is 18.7. The van der Waals surface area contributed by atoms with Crippen LogP contribution in [0.1, 0.15) is 63.5 Å². The molecule has 1 spiro atoms. The number of hydrazine groups is 1. The van der Waals surface area contributed by atoms with Gasteiger partial charge in [-0.05, 0) is 56.7 Å². The molecule has 1 saturated carbocycles. The smallest absolute Gasteiger partial charge is 0.325 e. The average molecular weight is 446 g/mol. The largest absolute Gasteiger partial charge is 0.344 e. The Balaban J connectivity index is 1.24. The Morgan fingerprint density at radius 1 is 1.28 bits per heavy atom. The van der Waals surface area contributed by atoms with Gasteiger partial charge in [-0.25, -0.2) is 14.1 Å². The monoisotopic (exact) mass is 445 g/mol. The quantitative estimate of drug-likeness (QED) is 0.560. The van der Waals surface area contributed by atoms with Gasteiger partial charge in [0.05, 0.1) is 0 Å². The van der Waals surface area contributed by atoms with Gasteiger partial charge in [0.1, 0.15) is 17.4 Å². The number of rotatable bonds is 7. The normalized spacial score (nSPS) is 25.4. The Morgan fingerprint density at radius 2 is 2.03 bits per heavy atom. The minimum Gasteiger partial charge on any atom is -0.344 e. The molecule has 32 heavy (non-hydrogen) atoms. The maximum atomic E-state index is 13.5. The zero-order chi connectivity index (χ0) is 22.9. The first-order valence-electron chi connectivity index (χ1n) is 11.5. The van der Waals surface area contributed by atoms with Crippen molar-refractivity contribution in [1.82, 2.24) is 26.0 Å². The Labute approximate surface area is 187 Å². The number of hydrogen-bond donors (Lipinski definition) is 3. The third-order valence-electron chi connectivity index (χ3n) is 7.05. The maximum absolute atomic E-state index is 13.5. The van der Waals surface area contributed by atoms with E-state index in [0.29, 0.717) is 19.4 Å². The van der Waals surface area contributed by atoms with Gasteiger partial charge < -0.3 is 10.2 Å². The number of amides is 4. The Morgan fingerprint density at radius 3 is 2.75 bits per heavy atom. The van der Waals surface area contributed by atoms with Crippen LogP contribution in [0.3, 0.4) is 0 Å². The number of nitrogens with one attached hydrogen (secondary N) is 3. The number of carbonyl (C=O) groups excluding carboxylic acids is 3. The van der Waals surface area contributed by atoms with Crippen LogP contribution in [-0.4, -0.2) is 58.9 Å². The van der Waals surface area contributed by atoms with E-state index in [1.807, 2.05) is 6.07 Å². The Bertz CT molecular complexity index is 888. The lowest BCUT2D eigenvalue weighted by Crippen LogP contribution is -2.50. The summed E-state index contributed by atoms with van der Waals surface area (Å²) >= 11 is 0. The summed E-state index contributed by atoms with van der Waals surface area (Å²) in [7, 11) is 1.71. The zero-order valence-electron chi connectivity index (χ0n) is 18.7. The van der Waals surface area contributed by atoms with Crippen molar-refractivity contribution < 1.29 is 18.8 Å². The van der Waals surface area contributed by atoms with Crippen LogP contribution in [0.2, 0.25) is 0 Å². The molecule has 1 aromatic carbocycles. The summed E-state index contributed by atoms with van der Waals surface area (Å²) in [5, 5.41) is 2.83. The van der Waals surface area contributed by atoms with Crippen molar-refractivity contribution >= 4 is 17.8 Å². The van der Waals surface area contributed by atoms with Crippen molar-refractivity contribution in [2.75, 3.05) is 13.6 Å². The number of imide groups is 1. The molecule has 8 nitrogen and oxygen atoms in total. The van der Waals surface area contributed by atoms with E-state index in [0.717, 1.165) is 42.6 Å². The highest BCUT2D eigenvalue weighted by atomic mass is 19.1. The number of halogens is 1. The first-order valence-corrected chi connectivity index (χ1v) is 11.5. The molecule has 3 unspecified atom stereocenters. The van der Waals surface area contributed by atoms with Crippen LogP contribution < -0.4 is 16.2 Å². The van der Waals surface area contributed by atoms with Gasteiger partial charge in [-0.3, -0.25) is 20.4 Å². The molecule has 9 heteroatoms. The van der Waals surface area contributed by atoms with Gasteiger partial charge in [-0.1, -0.05) is 25.0 Å². The summed E-state index contributed by atoms with van der Waals surface area (Å²) in [6.45, 7) is 2.15. The molecule has 3 fully saturated rings. The molecule has 0 bridgehead atoms. The summed E-state index contributed by atoms with van der Waals surface area (Å²) in [6.07, 6.45) is 5.56. The lowest BCUT2D eigenvalue weighted by atomic mass is 9.97. The molecule has 2 aliphatic heterocycles. The van der Waals surface area contributed by atoms with Gasteiger partial charge in [0.2, 0.25) is 5.91 Å². The fourth-order valence-corrected chi connectivity index (χ4v) is 5.18. The van der Waals surface area contributed by atoms with Crippen LogP contribution in [0.5, 0.6) is 0 Å². The molecule has 0 radical (unpaired) electrons. The summed E-state index contributed by atoms with van der Waals surface area (Å²) in [4.78, 5) is 41.0. The van der Waals surface area contributed by atoms with Crippen molar-refractivity contribution in [2.45, 2.75) is 75.5 Å². The Kier molecular flexibility index (Phi) is 6.48. The van der Waals surface area contributed by atoms with Crippen molar-refractivity contribution in [2.24, 2.45) is 0 Å². The van der Waals surface area contributed by atoms with E-state index in [2.05, 4.69) is 16.2 Å². The lowest BCUT2D eigenvalue weighted by Gasteiger charge is -2.27. The molecule has 1 aromatic rings. The first-order chi connectivity index (χ1) is 15.3. The second-order valence-corrected chi connectivity index (χ2v) is 9.30. The van der Waals surface area contributed by atoms with Crippen molar-refractivity contribution in [3.8, 4) is 0 Å². The fourth-order valence-electron chi connectivity index (χ4n) is 5.18. The summed E-state index contributed by atoms with van der Waals surface area (Å²) in [5.41, 5.74) is 6.58. The molecule has 4 amide bonds. The van der Waals surface area contributed by atoms with E-state index in [4.69, 9.17) is 0 Å². The van der Waals surface area contributed by atoms with Gasteiger partial charge in [0.25, 0.3) is 5.91 Å². The van der Waals surface area contributed by atoms with E-state index in [1.54, 1.807) is 31.0 Å². The van der Waals surface area contributed by atoms with Crippen LogP contribution in [-0.2, 0) is 9.59 Å². The van der Waals surface area contributed by atoms with Crippen LogP contribution >= 0.6 is 0 Å². The molecule has 2 saturated heterocycles. The van der Waals surface area contributed by atoms with E-state index < -0.39 is 17.6 Å². The predicted molar refractivity (Wildman–Crippen MR) is 117 cm³/mol. The number of benzene rings is 1. The molecular weight excluding hydrogens is 413 g/mol. The number of carbonyl (C=O) groups is 3. The highest BCUT2D eigenvalue weighted by molar-refractivity contribution is 6.09. The summed E-state index contributed by atoms with van der Waals surface area (Å²) < 4.78 is 13.5. The topological polar surface area (TPSA) is 93.8 Å². The van der Waals surface area contributed by atoms with Gasteiger partial charge >= 0.3 is 6.03 Å². The number of urea groups is 1. The minimum absolute atomic E-state index is 0.0534. The summed E-state index contributed by atoms with van der Waals surface area (Å²) in [5.74, 6) is -0.747. The molecule has 3 N–H and O–H groups in total. The Hall–Kier alpha value is -2.52. The third-order valence-corrected chi connectivity index (χ3v) is 7.05.